The van der Waals surface area contributed by atoms with Gasteiger partial charge >= 0.3 is 0 Å². The maximum Gasteiger partial charge on any atom is 0.267 e. The van der Waals surface area contributed by atoms with Gasteiger partial charge in [-0.15, -0.1) is 0 Å². The standard InChI is InChI=1S/C17H15N3O2/c1-20(15-5-3-2-4-6-15)12-13(11-18)17(22)19-14-7-9-16(21)10-8-14/h2-10,12,21H,1H3,(H,19,22)/b13-12-. The number of aromatic hydroxyl groups is 1. The van der Waals surface area contributed by atoms with Crippen molar-refractivity contribution < 1.29 is 9.90 Å². The third-order valence-electron chi connectivity index (χ3n) is 2.98. The van der Waals surface area contributed by atoms with E-state index in [0.29, 0.717) is 5.69 Å². The van der Waals surface area contributed by atoms with Gasteiger partial charge in [0.2, 0.25) is 0 Å². The molecule has 0 aliphatic carbocycles. The molecule has 0 unspecified atom stereocenters. The van der Waals surface area contributed by atoms with Crippen LogP contribution >= 0.6 is 0 Å². The lowest BCUT2D eigenvalue weighted by molar-refractivity contribution is -0.112. The Morgan fingerprint density at radius 2 is 1.82 bits per heavy atom. The van der Waals surface area contributed by atoms with Crippen molar-refractivity contribution in [3.8, 4) is 11.8 Å². The number of carbonyl (C=O) groups excluding carboxylic acids is 1. The van der Waals surface area contributed by atoms with Crippen LogP contribution in [0.1, 0.15) is 0 Å². The van der Waals surface area contributed by atoms with E-state index in [1.54, 1.807) is 24.1 Å². The number of nitriles is 1. The summed E-state index contributed by atoms with van der Waals surface area (Å²) in [5.74, 6) is -0.395. The summed E-state index contributed by atoms with van der Waals surface area (Å²) in [5, 5.41) is 21.0. The Bertz CT molecular complexity index is 716. The summed E-state index contributed by atoms with van der Waals surface area (Å²) < 4.78 is 0. The molecular weight excluding hydrogens is 278 g/mol. The zero-order valence-electron chi connectivity index (χ0n) is 12.0. The van der Waals surface area contributed by atoms with Gasteiger partial charge in [0.15, 0.2) is 0 Å². The lowest BCUT2D eigenvalue weighted by atomic mass is 10.2. The molecule has 2 aromatic rings. The van der Waals surface area contributed by atoms with Crippen LogP contribution < -0.4 is 10.2 Å². The van der Waals surface area contributed by atoms with Gasteiger partial charge in [0.05, 0.1) is 0 Å². The van der Waals surface area contributed by atoms with E-state index >= 15 is 0 Å². The topological polar surface area (TPSA) is 76.4 Å². The second kappa shape index (κ2) is 6.95. The van der Waals surface area contributed by atoms with Crippen LogP contribution in [0.15, 0.2) is 66.4 Å². The van der Waals surface area contributed by atoms with Crippen LogP contribution in [0.3, 0.4) is 0 Å². The van der Waals surface area contributed by atoms with Crippen molar-refractivity contribution in [1.82, 2.24) is 0 Å². The molecule has 110 valence electrons. The molecule has 0 aliphatic rings. The van der Waals surface area contributed by atoms with E-state index in [0.717, 1.165) is 5.69 Å². The number of para-hydroxylation sites is 1. The van der Waals surface area contributed by atoms with Gasteiger partial charge in [-0.25, -0.2) is 0 Å². The number of nitrogens with zero attached hydrogens (tertiary/aromatic N) is 2. The molecule has 22 heavy (non-hydrogen) atoms. The van der Waals surface area contributed by atoms with Crippen LogP contribution in [0.4, 0.5) is 11.4 Å². The second-order valence-corrected chi connectivity index (χ2v) is 4.60. The number of rotatable bonds is 4. The molecule has 0 aliphatic heterocycles. The largest absolute Gasteiger partial charge is 0.508 e. The highest BCUT2D eigenvalue weighted by Crippen LogP contribution is 2.16. The monoisotopic (exact) mass is 293 g/mol. The molecule has 5 nitrogen and oxygen atoms in total. The third-order valence-corrected chi connectivity index (χ3v) is 2.98. The Kier molecular flexibility index (Phi) is 4.78. The smallest absolute Gasteiger partial charge is 0.267 e. The molecule has 0 bridgehead atoms. The fourth-order valence-electron chi connectivity index (χ4n) is 1.81. The normalized spacial score (nSPS) is 10.6. The molecule has 0 aromatic heterocycles. The zero-order chi connectivity index (χ0) is 15.9. The van der Waals surface area contributed by atoms with Gasteiger partial charge in [0.25, 0.3) is 5.91 Å². The number of amides is 1. The molecule has 0 saturated heterocycles. The van der Waals surface area contributed by atoms with Gasteiger partial charge in [0, 0.05) is 24.6 Å². The maximum atomic E-state index is 12.1. The van der Waals surface area contributed by atoms with Gasteiger partial charge in [-0.3, -0.25) is 4.79 Å². The van der Waals surface area contributed by atoms with E-state index in [4.69, 9.17) is 5.26 Å². The number of nitrogens with one attached hydrogen (secondary N) is 1. The van der Waals surface area contributed by atoms with Crippen LogP contribution in [-0.4, -0.2) is 18.1 Å². The summed E-state index contributed by atoms with van der Waals surface area (Å²) in [4.78, 5) is 13.8. The maximum absolute atomic E-state index is 12.1. The number of phenols is 1. The van der Waals surface area contributed by atoms with E-state index in [-0.39, 0.29) is 11.3 Å². The highest BCUT2D eigenvalue weighted by molar-refractivity contribution is 6.06. The fraction of sp³-hybridized carbons (Fsp3) is 0.0588. The van der Waals surface area contributed by atoms with Crippen LogP contribution in [0, 0.1) is 11.3 Å². The molecule has 2 aromatic carbocycles. The first-order valence-corrected chi connectivity index (χ1v) is 6.60. The van der Waals surface area contributed by atoms with Gasteiger partial charge in [0.1, 0.15) is 17.4 Å². The molecular formula is C17H15N3O2. The molecule has 0 fully saturated rings. The number of phenolic OH excluding ortho intramolecular Hbond substituents is 1. The van der Waals surface area contributed by atoms with E-state index in [1.165, 1.54) is 18.3 Å². The highest BCUT2D eigenvalue weighted by atomic mass is 16.3. The predicted molar refractivity (Wildman–Crippen MR) is 85.3 cm³/mol. The molecule has 0 radical (unpaired) electrons. The summed E-state index contributed by atoms with van der Waals surface area (Å²) in [7, 11) is 1.76. The Balaban J connectivity index is 2.13. The minimum Gasteiger partial charge on any atom is -0.508 e. The average Bonchev–Trinajstić information content (AvgIpc) is 2.55. The van der Waals surface area contributed by atoms with Gasteiger partial charge in [-0.2, -0.15) is 5.26 Å². The van der Waals surface area contributed by atoms with E-state index in [1.807, 2.05) is 36.4 Å². The minimum absolute atomic E-state index is 0.0144. The summed E-state index contributed by atoms with van der Waals surface area (Å²) in [5.41, 5.74) is 1.36. The molecule has 0 saturated carbocycles. The lowest BCUT2D eigenvalue weighted by Crippen LogP contribution is -2.17. The second-order valence-electron chi connectivity index (χ2n) is 4.60. The summed E-state index contributed by atoms with van der Waals surface area (Å²) in [6, 6.07) is 17.3. The summed E-state index contributed by atoms with van der Waals surface area (Å²) in [6.07, 6.45) is 1.48. The number of hydrogen-bond acceptors (Lipinski definition) is 4. The fourth-order valence-corrected chi connectivity index (χ4v) is 1.81. The number of anilines is 2. The van der Waals surface area contributed by atoms with E-state index < -0.39 is 5.91 Å². The molecule has 0 spiro atoms. The molecule has 2 rings (SSSR count). The molecule has 0 atom stereocenters. The predicted octanol–water partition coefficient (Wildman–Crippen LogP) is 2.87. The highest BCUT2D eigenvalue weighted by Gasteiger charge is 2.11. The van der Waals surface area contributed by atoms with Crippen LogP contribution in [0.5, 0.6) is 5.75 Å². The van der Waals surface area contributed by atoms with Crippen LogP contribution in [0.2, 0.25) is 0 Å². The number of benzene rings is 2. The Labute approximate surface area is 128 Å². The van der Waals surface area contributed by atoms with E-state index in [2.05, 4.69) is 5.32 Å². The van der Waals surface area contributed by atoms with Gasteiger partial charge in [-0.05, 0) is 36.4 Å². The van der Waals surface area contributed by atoms with Gasteiger partial charge in [-0.1, -0.05) is 18.2 Å². The third kappa shape index (κ3) is 3.87. The van der Waals surface area contributed by atoms with Crippen molar-refractivity contribution in [3.63, 3.8) is 0 Å². The summed E-state index contributed by atoms with van der Waals surface area (Å²) >= 11 is 0. The molecule has 2 N–H and O–H groups in total. The number of hydrogen-bond donors (Lipinski definition) is 2. The quantitative estimate of drug-likeness (QED) is 0.516. The van der Waals surface area contributed by atoms with Crippen LogP contribution in [0.25, 0.3) is 0 Å². The van der Waals surface area contributed by atoms with Crippen molar-refractivity contribution in [2.75, 3.05) is 17.3 Å². The van der Waals surface area contributed by atoms with Crippen molar-refractivity contribution in [3.05, 3.63) is 66.4 Å². The Hall–Kier alpha value is -3.26. The minimum atomic E-state index is -0.504. The lowest BCUT2D eigenvalue weighted by Gasteiger charge is -2.14. The first-order valence-electron chi connectivity index (χ1n) is 6.60. The first-order chi connectivity index (χ1) is 10.6. The van der Waals surface area contributed by atoms with Crippen molar-refractivity contribution >= 4 is 17.3 Å². The zero-order valence-corrected chi connectivity index (χ0v) is 12.0. The molecule has 5 heteroatoms. The Morgan fingerprint density at radius 3 is 2.41 bits per heavy atom. The van der Waals surface area contributed by atoms with Crippen molar-refractivity contribution in [1.29, 1.82) is 5.26 Å². The van der Waals surface area contributed by atoms with Crippen molar-refractivity contribution in [2.24, 2.45) is 0 Å². The Morgan fingerprint density at radius 1 is 1.18 bits per heavy atom. The SMILES string of the molecule is CN(/C=C(/C#N)C(=O)Nc1ccc(O)cc1)c1ccccc1. The first kappa shape index (κ1) is 15.1. The van der Waals surface area contributed by atoms with Crippen molar-refractivity contribution in [2.45, 2.75) is 0 Å². The molecule has 0 heterocycles. The van der Waals surface area contributed by atoms with E-state index in [9.17, 15) is 9.90 Å². The summed E-state index contributed by atoms with van der Waals surface area (Å²) in [6.45, 7) is 0. The molecule has 1 amide bonds. The average molecular weight is 293 g/mol. The number of carbonyl (C=O) groups is 1. The van der Waals surface area contributed by atoms with Gasteiger partial charge < -0.3 is 15.3 Å². The van der Waals surface area contributed by atoms with Crippen LogP contribution in [-0.2, 0) is 4.79 Å².